The van der Waals surface area contributed by atoms with Crippen LogP contribution in [0.15, 0.2) is 30.5 Å². The highest BCUT2D eigenvalue weighted by Crippen LogP contribution is 2.29. The van der Waals surface area contributed by atoms with E-state index in [0.29, 0.717) is 27.4 Å². The van der Waals surface area contributed by atoms with Crippen LogP contribution in [0.2, 0.25) is 10.0 Å². The fraction of sp³-hybridized carbons (Fsp3) is 0.231. The molecule has 0 saturated carbocycles. The number of benzene rings is 1. The quantitative estimate of drug-likeness (QED) is 0.840. The fourth-order valence-corrected chi connectivity index (χ4v) is 2.26. The molecule has 0 bridgehead atoms. The van der Waals surface area contributed by atoms with Gasteiger partial charge in [0, 0.05) is 12.7 Å². The summed E-state index contributed by atoms with van der Waals surface area (Å²) >= 11 is 17.3. The number of hydrogen-bond acceptors (Lipinski definition) is 2. The Labute approximate surface area is 133 Å². The monoisotopic (exact) mass is 328 g/mol. The molecule has 0 radical (unpaired) electrons. The zero-order valence-corrected chi connectivity index (χ0v) is 13.2. The Morgan fingerprint density at radius 2 is 2.15 bits per heavy atom. The highest BCUT2D eigenvalue weighted by molar-refractivity contribution is 7.80. The first-order chi connectivity index (χ1) is 9.61. The third kappa shape index (κ3) is 3.62. The second-order valence-electron chi connectivity index (χ2n) is 4.05. The number of halogens is 2. The molecule has 0 atom stereocenters. The molecule has 1 heterocycles. The molecule has 2 N–H and O–H groups in total. The van der Waals surface area contributed by atoms with E-state index in [2.05, 4.69) is 15.7 Å². The van der Waals surface area contributed by atoms with Crippen molar-refractivity contribution >= 4 is 46.2 Å². The Balaban J connectivity index is 1.94. The molecule has 0 unspecified atom stereocenters. The van der Waals surface area contributed by atoms with E-state index in [9.17, 15) is 0 Å². The molecular formula is C13H14Cl2N4S. The van der Waals surface area contributed by atoms with Crippen molar-refractivity contribution in [2.24, 2.45) is 0 Å². The zero-order chi connectivity index (χ0) is 14.5. The van der Waals surface area contributed by atoms with E-state index >= 15 is 0 Å². The second-order valence-corrected chi connectivity index (χ2v) is 5.24. The van der Waals surface area contributed by atoms with Gasteiger partial charge in [-0.05, 0) is 37.3 Å². The van der Waals surface area contributed by atoms with E-state index in [1.807, 2.05) is 29.8 Å². The molecule has 4 nitrogen and oxygen atoms in total. The number of aryl methyl sites for hydroxylation is 1. The Bertz CT molecular complexity index is 612. The molecule has 2 aromatic rings. The lowest BCUT2D eigenvalue weighted by Crippen LogP contribution is -2.29. The van der Waals surface area contributed by atoms with E-state index in [1.165, 1.54) is 0 Å². The molecule has 1 aromatic carbocycles. The minimum absolute atomic E-state index is 0.455. The number of nitrogens with one attached hydrogen (secondary N) is 2. The molecule has 2 rings (SSSR count). The van der Waals surface area contributed by atoms with Gasteiger partial charge in [0.2, 0.25) is 0 Å². The summed E-state index contributed by atoms with van der Waals surface area (Å²) in [7, 11) is 0. The maximum atomic E-state index is 6.09. The van der Waals surface area contributed by atoms with E-state index in [0.717, 1.165) is 12.2 Å². The van der Waals surface area contributed by atoms with Gasteiger partial charge in [0.15, 0.2) is 5.11 Å². The first-order valence-electron chi connectivity index (χ1n) is 6.11. The van der Waals surface area contributed by atoms with Gasteiger partial charge < -0.3 is 10.6 Å². The van der Waals surface area contributed by atoms with Crippen molar-refractivity contribution in [1.82, 2.24) is 15.1 Å². The third-order valence-corrected chi connectivity index (χ3v) is 3.80. The van der Waals surface area contributed by atoms with Crippen molar-refractivity contribution in [2.45, 2.75) is 20.0 Å². The molecule has 0 aliphatic heterocycles. The Morgan fingerprint density at radius 3 is 2.90 bits per heavy atom. The maximum absolute atomic E-state index is 6.09. The number of thiocarbonyl (C=S) groups is 1. The Morgan fingerprint density at radius 1 is 1.35 bits per heavy atom. The minimum Gasteiger partial charge on any atom is -0.357 e. The van der Waals surface area contributed by atoms with E-state index in [-0.39, 0.29) is 0 Å². The van der Waals surface area contributed by atoms with Crippen LogP contribution >= 0.6 is 35.4 Å². The smallest absolute Gasteiger partial charge is 0.171 e. The largest absolute Gasteiger partial charge is 0.357 e. The van der Waals surface area contributed by atoms with Gasteiger partial charge in [0.05, 0.1) is 28.0 Å². The van der Waals surface area contributed by atoms with Crippen LogP contribution in [-0.4, -0.2) is 14.9 Å². The van der Waals surface area contributed by atoms with Crippen LogP contribution in [-0.2, 0) is 13.1 Å². The summed E-state index contributed by atoms with van der Waals surface area (Å²) in [5, 5.41) is 11.8. The van der Waals surface area contributed by atoms with E-state index < -0.39 is 0 Å². The van der Waals surface area contributed by atoms with Crippen molar-refractivity contribution in [1.29, 1.82) is 0 Å². The van der Waals surface area contributed by atoms with Gasteiger partial charge in [-0.3, -0.25) is 4.68 Å². The van der Waals surface area contributed by atoms with Crippen LogP contribution in [0, 0.1) is 0 Å². The van der Waals surface area contributed by atoms with Gasteiger partial charge in [0.25, 0.3) is 0 Å². The summed E-state index contributed by atoms with van der Waals surface area (Å²) in [6, 6.07) is 7.31. The average Bonchev–Trinajstić information content (AvgIpc) is 2.89. The predicted octanol–water partition coefficient (Wildman–Crippen LogP) is 3.70. The normalized spacial score (nSPS) is 10.3. The lowest BCUT2D eigenvalue weighted by Gasteiger charge is -2.12. The number of nitrogens with zero attached hydrogens (tertiary/aromatic N) is 2. The standard InChI is InChI=1S/C13H14Cl2N4S/c1-2-19-9(6-7-17-19)8-16-13(20)18-11-5-3-4-10(14)12(11)15/h3-7H,2,8H2,1H3,(H2,16,18,20). The minimum atomic E-state index is 0.455. The van der Waals surface area contributed by atoms with Crippen LogP contribution in [0.25, 0.3) is 0 Å². The molecule has 7 heteroatoms. The van der Waals surface area contributed by atoms with Gasteiger partial charge in [-0.15, -0.1) is 0 Å². The van der Waals surface area contributed by atoms with Crippen LogP contribution in [0.5, 0.6) is 0 Å². The summed E-state index contributed by atoms with van der Waals surface area (Å²) < 4.78 is 1.90. The lowest BCUT2D eigenvalue weighted by atomic mass is 10.3. The molecule has 106 valence electrons. The van der Waals surface area contributed by atoms with Gasteiger partial charge in [-0.1, -0.05) is 29.3 Å². The summed E-state index contributed by atoms with van der Waals surface area (Å²) in [6.45, 7) is 3.46. The molecule has 0 fully saturated rings. The average molecular weight is 329 g/mol. The Hall–Kier alpha value is -1.30. The fourth-order valence-electron chi connectivity index (χ4n) is 1.73. The van der Waals surface area contributed by atoms with Gasteiger partial charge in [0.1, 0.15) is 0 Å². The summed E-state index contributed by atoms with van der Waals surface area (Å²) in [5.74, 6) is 0. The van der Waals surface area contributed by atoms with Crippen molar-refractivity contribution in [2.75, 3.05) is 5.32 Å². The number of rotatable bonds is 4. The van der Waals surface area contributed by atoms with E-state index in [4.69, 9.17) is 35.4 Å². The second kappa shape index (κ2) is 6.92. The molecule has 0 amide bonds. The molecule has 0 aliphatic carbocycles. The van der Waals surface area contributed by atoms with Crippen molar-refractivity contribution in [3.8, 4) is 0 Å². The zero-order valence-electron chi connectivity index (χ0n) is 10.9. The van der Waals surface area contributed by atoms with Crippen molar-refractivity contribution in [3.05, 3.63) is 46.2 Å². The van der Waals surface area contributed by atoms with Gasteiger partial charge >= 0.3 is 0 Å². The lowest BCUT2D eigenvalue weighted by molar-refractivity contribution is 0.614. The first kappa shape index (κ1) is 15.1. The van der Waals surface area contributed by atoms with Gasteiger partial charge in [-0.2, -0.15) is 5.10 Å². The Kier molecular flexibility index (Phi) is 5.23. The SMILES string of the molecule is CCn1nccc1CNC(=S)Nc1cccc(Cl)c1Cl. The molecule has 20 heavy (non-hydrogen) atoms. The van der Waals surface area contributed by atoms with Crippen LogP contribution in [0.1, 0.15) is 12.6 Å². The topological polar surface area (TPSA) is 41.9 Å². The van der Waals surface area contributed by atoms with Crippen molar-refractivity contribution < 1.29 is 0 Å². The summed E-state index contributed by atoms with van der Waals surface area (Å²) in [5.41, 5.74) is 1.74. The predicted molar refractivity (Wildman–Crippen MR) is 87.4 cm³/mol. The number of hydrogen-bond donors (Lipinski definition) is 2. The van der Waals surface area contributed by atoms with Crippen LogP contribution in [0.3, 0.4) is 0 Å². The molecule has 0 saturated heterocycles. The molecule has 1 aromatic heterocycles. The van der Waals surface area contributed by atoms with Gasteiger partial charge in [-0.25, -0.2) is 0 Å². The molecule has 0 aliphatic rings. The maximum Gasteiger partial charge on any atom is 0.171 e. The highest BCUT2D eigenvalue weighted by atomic mass is 35.5. The van der Waals surface area contributed by atoms with E-state index in [1.54, 1.807) is 12.3 Å². The molecule has 0 spiro atoms. The molecular weight excluding hydrogens is 315 g/mol. The van der Waals surface area contributed by atoms with Crippen LogP contribution < -0.4 is 10.6 Å². The summed E-state index contributed by atoms with van der Waals surface area (Å²) in [4.78, 5) is 0. The first-order valence-corrected chi connectivity index (χ1v) is 7.27. The number of aromatic nitrogens is 2. The highest BCUT2D eigenvalue weighted by Gasteiger charge is 2.06. The van der Waals surface area contributed by atoms with Crippen LogP contribution in [0.4, 0.5) is 5.69 Å². The summed E-state index contributed by atoms with van der Waals surface area (Å²) in [6.07, 6.45) is 1.77. The third-order valence-electron chi connectivity index (χ3n) is 2.73. The number of anilines is 1. The van der Waals surface area contributed by atoms with Crippen molar-refractivity contribution in [3.63, 3.8) is 0 Å².